The van der Waals surface area contributed by atoms with E-state index in [0.29, 0.717) is 23.2 Å². The predicted molar refractivity (Wildman–Crippen MR) is 123 cm³/mol. The molecule has 31 heavy (non-hydrogen) atoms. The number of rotatable bonds is 8. The summed E-state index contributed by atoms with van der Waals surface area (Å²) in [5.41, 5.74) is 3.87. The third-order valence-electron chi connectivity index (χ3n) is 5.33. The number of hydrogen-bond acceptors (Lipinski definition) is 5. The van der Waals surface area contributed by atoms with E-state index in [2.05, 4.69) is 54.4 Å². The third-order valence-corrected chi connectivity index (χ3v) is 6.26. The lowest BCUT2D eigenvalue weighted by atomic mass is 10.0. The molecule has 1 heterocycles. The first-order valence-electron chi connectivity index (χ1n) is 10.4. The molecule has 0 aliphatic heterocycles. The van der Waals surface area contributed by atoms with Crippen molar-refractivity contribution in [1.29, 1.82) is 5.26 Å². The highest BCUT2D eigenvalue weighted by atomic mass is 32.2. The summed E-state index contributed by atoms with van der Waals surface area (Å²) in [5, 5.41) is 17.9. The van der Waals surface area contributed by atoms with Gasteiger partial charge in [-0.25, -0.2) is 0 Å². The van der Waals surface area contributed by atoms with E-state index >= 15 is 0 Å². The second-order valence-corrected chi connectivity index (χ2v) is 8.55. The first kappa shape index (κ1) is 22.6. The summed E-state index contributed by atoms with van der Waals surface area (Å²) in [6.45, 7) is 8.91. The maximum absolute atomic E-state index is 13.0. The van der Waals surface area contributed by atoms with Gasteiger partial charge in [-0.15, -0.1) is 10.2 Å². The zero-order valence-corrected chi connectivity index (χ0v) is 19.1. The molecule has 3 rings (SSSR count). The van der Waals surface area contributed by atoms with Crippen molar-refractivity contribution in [2.45, 2.75) is 44.8 Å². The third kappa shape index (κ3) is 5.33. The van der Waals surface area contributed by atoms with E-state index < -0.39 is 0 Å². The fourth-order valence-corrected chi connectivity index (χ4v) is 4.23. The number of thioether (sulfide) groups is 1. The van der Waals surface area contributed by atoms with Gasteiger partial charge in [0.15, 0.2) is 5.16 Å². The Hall–Kier alpha value is -3.11. The highest BCUT2D eigenvalue weighted by Gasteiger charge is 2.21. The normalized spacial score (nSPS) is 11.9. The Balaban J connectivity index is 1.68. The largest absolute Gasteiger partial charge is 0.335 e. The van der Waals surface area contributed by atoms with Crippen LogP contribution in [0.5, 0.6) is 0 Å². The topological polar surface area (TPSA) is 74.8 Å². The van der Waals surface area contributed by atoms with Gasteiger partial charge in [-0.2, -0.15) is 5.26 Å². The molecule has 0 aliphatic carbocycles. The maximum Gasteiger partial charge on any atom is 0.233 e. The number of benzene rings is 2. The van der Waals surface area contributed by atoms with Crippen molar-refractivity contribution in [3.63, 3.8) is 0 Å². The van der Waals surface area contributed by atoms with Gasteiger partial charge in [0.1, 0.15) is 6.33 Å². The van der Waals surface area contributed by atoms with Crippen LogP contribution in [0, 0.1) is 11.3 Å². The van der Waals surface area contributed by atoms with E-state index in [1.54, 1.807) is 18.5 Å². The highest BCUT2D eigenvalue weighted by Crippen LogP contribution is 2.25. The maximum atomic E-state index is 13.0. The molecule has 0 bridgehead atoms. The molecule has 0 radical (unpaired) electrons. The average molecular weight is 434 g/mol. The summed E-state index contributed by atoms with van der Waals surface area (Å²) in [6, 6.07) is 17.7. The minimum Gasteiger partial charge on any atom is -0.335 e. The molecule has 1 amide bonds. The molecule has 0 aliphatic rings. The number of amides is 1. The molecule has 0 saturated heterocycles. The Labute approximate surface area is 187 Å². The van der Waals surface area contributed by atoms with Crippen LogP contribution in [-0.4, -0.2) is 37.9 Å². The molecule has 0 N–H and O–H groups in total. The molecular weight excluding hydrogens is 406 g/mol. The molecule has 0 fully saturated rings. The second-order valence-electron chi connectivity index (χ2n) is 7.61. The minimum atomic E-state index is -0.0766. The molecule has 7 heteroatoms. The van der Waals surface area contributed by atoms with Gasteiger partial charge in [0.2, 0.25) is 5.91 Å². The first-order chi connectivity index (χ1) is 14.9. The fourth-order valence-electron chi connectivity index (χ4n) is 3.41. The predicted octanol–water partition coefficient (Wildman–Crippen LogP) is 4.96. The number of hydrogen-bond donors (Lipinski definition) is 0. The van der Waals surface area contributed by atoms with E-state index in [0.717, 1.165) is 11.3 Å². The molecule has 1 unspecified atom stereocenters. The molecule has 6 nitrogen and oxygen atoms in total. The van der Waals surface area contributed by atoms with E-state index in [-0.39, 0.29) is 17.7 Å². The van der Waals surface area contributed by atoms with Crippen LogP contribution in [0.25, 0.3) is 5.69 Å². The summed E-state index contributed by atoms with van der Waals surface area (Å²) < 4.78 is 1.91. The van der Waals surface area contributed by atoms with Crippen LogP contribution in [0.3, 0.4) is 0 Å². The minimum absolute atomic E-state index is 0.0362. The average Bonchev–Trinajstić information content (AvgIpc) is 3.27. The standard InChI is InChI=1S/C24H27N5OS/c1-5-28(18(4)21-8-6-19(14-25)7-9-21)23(30)15-31-24-27-26-16-29(24)22-12-10-20(11-13-22)17(2)3/h6-13,16-18H,5,15H2,1-4H3. The van der Waals surface area contributed by atoms with E-state index in [1.165, 1.54) is 17.3 Å². The summed E-state index contributed by atoms with van der Waals surface area (Å²) in [4.78, 5) is 14.8. The number of nitriles is 1. The molecule has 2 aromatic carbocycles. The molecule has 1 atom stereocenters. The zero-order valence-electron chi connectivity index (χ0n) is 18.3. The van der Waals surface area contributed by atoms with Crippen LogP contribution in [-0.2, 0) is 4.79 Å². The van der Waals surface area contributed by atoms with Crippen LogP contribution >= 0.6 is 11.8 Å². The van der Waals surface area contributed by atoms with Crippen molar-refractivity contribution in [2.75, 3.05) is 12.3 Å². The Morgan fingerprint density at radius 3 is 2.32 bits per heavy atom. The molecular formula is C24H27N5OS. The molecule has 0 spiro atoms. The van der Waals surface area contributed by atoms with Crippen LogP contribution in [0.2, 0.25) is 0 Å². The molecule has 3 aromatic rings. The summed E-state index contributed by atoms with van der Waals surface area (Å²) in [6.07, 6.45) is 1.67. The molecule has 1 aromatic heterocycles. The summed E-state index contributed by atoms with van der Waals surface area (Å²) >= 11 is 1.38. The monoisotopic (exact) mass is 433 g/mol. The number of nitrogens with zero attached hydrogens (tertiary/aromatic N) is 5. The lowest BCUT2D eigenvalue weighted by Crippen LogP contribution is -2.34. The van der Waals surface area contributed by atoms with E-state index in [4.69, 9.17) is 5.26 Å². The zero-order chi connectivity index (χ0) is 22.4. The lowest BCUT2D eigenvalue weighted by molar-refractivity contribution is -0.130. The van der Waals surface area contributed by atoms with Gasteiger partial charge in [-0.1, -0.05) is 49.9 Å². The van der Waals surface area contributed by atoms with Crippen molar-refractivity contribution in [1.82, 2.24) is 19.7 Å². The summed E-state index contributed by atoms with van der Waals surface area (Å²) in [7, 11) is 0. The van der Waals surface area contributed by atoms with Crippen molar-refractivity contribution in [3.8, 4) is 11.8 Å². The van der Waals surface area contributed by atoms with Crippen LogP contribution in [0.15, 0.2) is 60.0 Å². The number of aromatic nitrogens is 3. The van der Waals surface area contributed by atoms with Crippen LogP contribution < -0.4 is 0 Å². The fraction of sp³-hybridized carbons (Fsp3) is 0.333. The summed E-state index contributed by atoms with van der Waals surface area (Å²) in [5.74, 6) is 0.783. The molecule has 160 valence electrons. The Bertz CT molecular complexity index is 1050. The smallest absolute Gasteiger partial charge is 0.233 e. The highest BCUT2D eigenvalue weighted by molar-refractivity contribution is 7.99. The van der Waals surface area contributed by atoms with E-state index in [1.807, 2.05) is 35.4 Å². The first-order valence-corrected chi connectivity index (χ1v) is 11.4. The lowest BCUT2D eigenvalue weighted by Gasteiger charge is -2.28. The van der Waals surface area contributed by atoms with E-state index in [9.17, 15) is 4.79 Å². The SMILES string of the molecule is CCN(C(=O)CSc1nncn1-c1ccc(C(C)C)cc1)C(C)c1ccc(C#N)cc1. The Morgan fingerprint density at radius 1 is 1.10 bits per heavy atom. The van der Waals surface area contributed by atoms with Crippen molar-refractivity contribution >= 4 is 17.7 Å². The van der Waals surface area contributed by atoms with Crippen molar-refractivity contribution < 1.29 is 4.79 Å². The Morgan fingerprint density at radius 2 is 1.74 bits per heavy atom. The quantitative estimate of drug-likeness (QED) is 0.469. The number of carbonyl (C=O) groups is 1. The van der Waals surface area contributed by atoms with Crippen LogP contribution in [0.1, 0.15) is 56.3 Å². The van der Waals surface area contributed by atoms with Gasteiger partial charge in [0.05, 0.1) is 23.4 Å². The second kappa shape index (κ2) is 10.3. The van der Waals surface area contributed by atoms with Crippen molar-refractivity contribution in [2.24, 2.45) is 0 Å². The van der Waals surface area contributed by atoms with Crippen LogP contribution in [0.4, 0.5) is 0 Å². The van der Waals surface area contributed by atoms with Gasteiger partial charge in [0.25, 0.3) is 0 Å². The van der Waals surface area contributed by atoms with Gasteiger partial charge in [-0.05, 0) is 55.2 Å². The van der Waals surface area contributed by atoms with Crippen molar-refractivity contribution in [3.05, 3.63) is 71.5 Å². The van der Waals surface area contributed by atoms with Gasteiger partial charge in [-0.3, -0.25) is 9.36 Å². The van der Waals surface area contributed by atoms with Gasteiger partial charge >= 0.3 is 0 Å². The van der Waals surface area contributed by atoms with Gasteiger partial charge < -0.3 is 4.90 Å². The number of carbonyl (C=O) groups excluding carboxylic acids is 1. The molecule has 0 saturated carbocycles. The Kier molecular flexibility index (Phi) is 7.48. The van der Waals surface area contributed by atoms with Gasteiger partial charge in [0, 0.05) is 12.2 Å².